The van der Waals surface area contributed by atoms with E-state index in [1.165, 1.54) is 13.3 Å². The Morgan fingerprint density at radius 3 is 2.26 bits per heavy atom. The van der Waals surface area contributed by atoms with Crippen LogP contribution in [0.1, 0.15) is 51.6 Å². The first-order valence-corrected chi connectivity index (χ1v) is 18.1. The van der Waals surface area contributed by atoms with E-state index in [0.29, 0.717) is 47.3 Å². The minimum absolute atomic E-state index is 0.0430. The number of nitrogens with one attached hydrogen (secondary N) is 3. The Morgan fingerprint density at radius 2 is 1.57 bits per heavy atom. The summed E-state index contributed by atoms with van der Waals surface area (Å²) >= 11 is 0. The molecule has 2 amide bonds. The molecule has 1 aliphatic rings. The van der Waals surface area contributed by atoms with Crippen molar-refractivity contribution in [3.8, 4) is 34.6 Å². The van der Waals surface area contributed by atoms with Crippen LogP contribution in [0.3, 0.4) is 0 Å². The number of carbonyl (C=O) groups excluding carboxylic acids is 2. The number of aryl methyl sites for hydroxylation is 2. The van der Waals surface area contributed by atoms with Gasteiger partial charge in [0.05, 0.1) is 27.9 Å². The van der Waals surface area contributed by atoms with Crippen molar-refractivity contribution in [3.05, 3.63) is 77.0 Å². The molecule has 14 nitrogen and oxygen atoms in total. The molecule has 0 saturated carbocycles. The molecular formula is C40H51N7O7. The zero-order valence-electron chi connectivity index (χ0n) is 32.2. The Bertz CT molecular complexity index is 1890. The lowest BCUT2D eigenvalue weighted by Crippen LogP contribution is -2.44. The third-order valence-corrected chi connectivity index (χ3v) is 9.06. The number of carbonyl (C=O) groups is 2. The third-order valence-electron chi connectivity index (χ3n) is 9.06. The highest BCUT2D eigenvalue weighted by molar-refractivity contribution is 6.06. The van der Waals surface area contributed by atoms with Gasteiger partial charge >= 0.3 is 0 Å². The molecule has 2 heterocycles. The minimum atomic E-state index is -0.471. The number of hydrogen-bond acceptors (Lipinski definition) is 12. The second-order valence-corrected chi connectivity index (χ2v) is 13.0. The number of hydrogen-bond donors (Lipinski definition) is 3. The fourth-order valence-electron chi connectivity index (χ4n) is 5.97. The number of benzene rings is 3. The summed E-state index contributed by atoms with van der Waals surface area (Å²) in [7, 11) is 6.73. The van der Waals surface area contributed by atoms with E-state index >= 15 is 0 Å². The summed E-state index contributed by atoms with van der Waals surface area (Å²) in [6.07, 6.45) is 3.04. The van der Waals surface area contributed by atoms with E-state index in [-0.39, 0.29) is 34.8 Å². The Hall–Kier alpha value is -5.60. The summed E-state index contributed by atoms with van der Waals surface area (Å²) < 4.78 is 29.4. The predicted molar refractivity (Wildman–Crippen MR) is 208 cm³/mol. The van der Waals surface area contributed by atoms with E-state index in [1.54, 1.807) is 44.6 Å². The Balaban J connectivity index is 1.43. The number of likely N-dealkylation sites (N-methyl/N-ethyl adjacent to an activating group) is 1. The second kappa shape index (κ2) is 18.9. The van der Waals surface area contributed by atoms with Crippen molar-refractivity contribution in [3.63, 3.8) is 0 Å². The number of rotatable bonds is 17. The molecule has 5 rings (SSSR count). The van der Waals surface area contributed by atoms with Gasteiger partial charge in [-0.25, -0.2) is 4.98 Å². The normalized spacial score (nSPS) is 13.2. The highest BCUT2D eigenvalue weighted by Gasteiger charge is 2.22. The summed E-state index contributed by atoms with van der Waals surface area (Å²) in [5.74, 6) is 1.31. The maximum atomic E-state index is 13.8. The summed E-state index contributed by atoms with van der Waals surface area (Å²) in [6.45, 7) is 12.0. The lowest BCUT2D eigenvalue weighted by molar-refractivity contribution is 0.0952. The number of anilines is 3. The zero-order chi connectivity index (χ0) is 38.6. The summed E-state index contributed by atoms with van der Waals surface area (Å²) in [5, 5.41) is 9.05. The van der Waals surface area contributed by atoms with Crippen LogP contribution in [0.5, 0.6) is 34.6 Å². The van der Waals surface area contributed by atoms with Gasteiger partial charge < -0.3 is 49.4 Å². The number of nitrogens with zero attached hydrogens (tertiary/aromatic N) is 4. The molecule has 1 fully saturated rings. The topological polar surface area (TPSA) is 149 Å². The molecule has 0 aliphatic carbocycles. The van der Waals surface area contributed by atoms with Crippen molar-refractivity contribution >= 4 is 29.1 Å². The van der Waals surface area contributed by atoms with Crippen molar-refractivity contribution in [2.45, 2.75) is 33.6 Å². The Labute approximate surface area is 317 Å². The van der Waals surface area contributed by atoms with Gasteiger partial charge in [-0.15, -0.1) is 0 Å². The standard InChI is InChI=1S/C40H51N7O7/c1-8-15-41-37(48)28-13-14-31(32(22-28)50-5)54-39-30(38(49)44-35-26(2)11-9-12-27(35)3)25-42-40(45-39)43-29-23-33(51-6)36(52-7)34(24-29)53-21-10-16-47-19-17-46(4)18-20-47/h9,11-14,22-25H,8,10,15-21H2,1-7H3,(H,41,48)(H,44,49)(H,42,43,45). The molecule has 0 unspecified atom stereocenters. The van der Waals surface area contributed by atoms with Crippen LogP contribution in [0.4, 0.5) is 17.3 Å². The smallest absolute Gasteiger partial charge is 0.262 e. The van der Waals surface area contributed by atoms with Crippen molar-refractivity contribution in [2.24, 2.45) is 0 Å². The monoisotopic (exact) mass is 741 g/mol. The van der Waals surface area contributed by atoms with Crippen LogP contribution in [-0.4, -0.2) is 106 Å². The first kappa shape index (κ1) is 39.6. The lowest BCUT2D eigenvalue weighted by Gasteiger charge is -2.32. The first-order valence-electron chi connectivity index (χ1n) is 18.1. The van der Waals surface area contributed by atoms with Crippen molar-refractivity contribution in [1.82, 2.24) is 25.1 Å². The van der Waals surface area contributed by atoms with Gasteiger partial charge in [-0.3, -0.25) is 9.59 Å². The first-order chi connectivity index (χ1) is 26.1. The van der Waals surface area contributed by atoms with E-state index in [4.69, 9.17) is 23.7 Å². The van der Waals surface area contributed by atoms with Gasteiger partial charge in [-0.1, -0.05) is 25.1 Å². The molecule has 0 radical (unpaired) electrons. The average Bonchev–Trinajstić information content (AvgIpc) is 3.17. The second-order valence-electron chi connectivity index (χ2n) is 13.0. The maximum Gasteiger partial charge on any atom is 0.262 e. The molecule has 54 heavy (non-hydrogen) atoms. The zero-order valence-corrected chi connectivity index (χ0v) is 32.2. The van der Waals surface area contributed by atoms with Gasteiger partial charge in [0.15, 0.2) is 23.0 Å². The van der Waals surface area contributed by atoms with Crippen LogP contribution >= 0.6 is 0 Å². The number of para-hydroxylation sites is 1. The van der Waals surface area contributed by atoms with E-state index in [9.17, 15) is 9.59 Å². The number of piperazine rings is 1. The quantitative estimate of drug-likeness (QED) is 0.108. The number of ether oxygens (including phenoxy) is 5. The number of aromatic nitrogens is 2. The van der Waals surface area contributed by atoms with Crippen LogP contribution in [-0.2, 0) is 0 Å². The van der Waals surface area contributed by atoms with Gasteiger partial charge in [-0.2, -0.15) is 4.98 Å². The highest BCUT2D eigenvalue weighted by atomic mass is 16.5. The van der Waals surface area contributed by atoms with Gasteiger partial charge in [0.2, 0.25) is 17.6 Å². The fourth-order valence-corrected chi connectivity index (χ4v) is 5.97. The van der Waals surface area contributed by atoms with Gasteiger partial charge in [-0.05, 0) is 63.1 Å². The van der Waals surface area contributed by atoms with Gasteiger partial charge in [0, 0.05) is 74.5 Å². The molecule has 288 valence electrons. The van der Waals surface area contributed by atoms with Crippen molar-refractivity contribution in [1.29, 1.82) is 0 Å². The van der Waals surface area contributed by atoms with E-state index in [1.807, 2.05) is 39.0 Å². The molecule has 14 heteroatoms. The van der Waals surface area contributed by atoms with E-state index in [0.717, 1.165) is 56.7 Å². The predicted octanol–water partition coefficient (Wildman–Crippen LogP) is 6.06. The van der Waals surface area contributed by atoms with Crippen LogP contribution < -0.4 is 39.6 Å². The molecule has 0 atom stereocenters. The summed E-state index contributed by atoms with van der Waals surface area (Å²) in [5.41, 5.74) is 3.50. The number of amides is 2. The largest absolute Gasteiger partial charge is 0.493 e. The fraction of sp³-hybridized carbons (Fsp3) is 0.400. The third kappa shape index (κ3) is 10.1. The molecule has 4 aromatic rings. The van der Waals surface area contributed by atoms with E-state index in [2.05, 4.69) is 42.8 Å². The van der Waals surface area contributed by atoms with Gasteiger partial charge in [0.25, 0.3) is 11.8 Å². The molecule has 1 saturated heterocycles. The molecule has 3 N–H and O–H groups in total. The number of methoxy groups -OCH3 is 3. The Morgan fingerprint density at radius 1 is 0.852 bits per heavy atom. The maximum absolute atomic E-state index is 13.8. The lowest BCUT2D eigenvalue weighted by atomic mass is 10.1. The molecule has 1 aromatic heterocycles. The molecule has 0 bridgehead atoms. The molecule has 0 spiro atoms. The molecule has 3 aromatic carbocycles. The van der Waals surface area contributed by atoms with Crippen LogP contribution in [0.25, 0.3) is 0 Å². The Kier molecular flexibility index (Phi) is 13.9. The summed E-state index contributed by atoms with van der Waals surface area (Å²) in [4.78, 5) is 40.4. The average molecular weight is 742 g/mol. The minimum Gasteiger partial charge on any atom is -0.493 e. The van der Waals surface area contributed by atoms with Crippen LogP contribution in [0.2, 0.25) is 0 Å². The van der Waals surface area contributed by atoms with Crippen LogP contribution in [0.15, 0.2) is 54.7 Å². The summed E-state index contributed by atoms with van der Waals surface area (Å²) in [6, 6.07) is 14.1. The molecular weight excluding hydrogens is 690 g/mol. The highest BCUT2D eigenvalue weighted by Crippen LogP contribution is 2.41. The van der Waals surface area contributed by atoms with Crippen molar-refractivity contribution < 1.29 is 33.3 Å². The SMILES string of the molecule is CCCNC(=O)c1ccc(Oc2nc(Nc3cc(OC)c(OC)c(OCCCN4CCN(C)CC4)c3)ncc2C(=O)Nc2c(C)cccc2C)c(OC)c1. The van der Waals surface area contributed by atoms with Crippen molar-refractivity contribution in [2.75, 3.05) is 84.9 Å². The van der Waals surface area contributed by atoms with E-state index < -0.39 is 5.91 Å². The molecule has 1 aliphatic heterocycles. The van der Waals surface area contributed by atoms with Gasteiger partial charge in [0.1, 0.15) is 5.56 Å². The van der Waals surface area contributed by atoms with Crippen LogP contribution in [0, 0.1) is 13.8 Å².